The van der Waals surface area contributed by atoms with E-state index in [1.807, 2.05) is 48.5 Å². The number of aryl methyl sites for hydroxylation is 1. The Morgan fingerprint density at radius 3 is 2.47 bits per heavy atom. The van der Waals surface area contributed by atoms with Crippen LogP contribution in [-0.4, -0.2) is 5.91 Å². The molecular formula is C15H13BrClNO. The number of hydrogen-bond acceptors (Lipinski definition) is 1. The molecule has 0 saturated carbocycles. The van der Waals surface area contributed by atoms with Gasteiger partial charge in [-0.3, -0.25) is 4.79 Å². The largest absolute Gasteiger partial charge is 0.326 e. The third kappa shape index (κ3) is 4.37. The molecule has 2 nitrogen and oxygen atoms in total. The number of nitrogens with one attached hydrogen (secondary N) is 1. The van der Waals surface area contributed by atoms with E-state index < -0.39 is 0 Å². The highest BCUT2D eigenvalue weighted by Gasteiger charge is 2.05. The maximum Gasteiger partial charge on any atom is 0.224 e. The summed E-state index contributed by atoms with van der Waals surface area (Å²) < 4.78 is 0.988. The Morgan fingerprint density at radius 1 is 1.11 bits per heavy atom. The zero-order valence-electron chi connectivity index (χ0n) is 10.2. The number of carbonyl (C=O) groups excluding carboxylic acids is 1. The fourth-order valence-corrected chi connectivity index (χ4v) is 2.20. The Kier molecular flexibility index (Phi) is 5.00. The number of anilines is 1. The minimum Gasteiger partial charge on any atom is -0.326 e. The topological polar surface area (TPSA) is 29.1 Å². The quantitative estimate of drug-likeness (QED) is 0.862. The van der Waals surface area contributed by atoms with Gasteiger partial charge in [0.15, 0.2) is 0 Å². The monoisotopic (exact) mass is 337 g/mol. The molecule has 0 spiro atoms. The van der Waals surface area contributed by atoms with Crippen LogP contribution in [0.4, 0.5) is 5.69 Å². The molecule has 19 heavy (non-hydrogen) atoms. The molecule has 0 aliphatic carbocycles. The lowest BCUT2D eigenvalue weighted by molar-refractivity contribution is -0.116. The van der Waals surface area contributed by atoms with Crippen LogP contribution in [0.1, 0.15) is 12.0 Å². The molecule has 0 aliphatic rings. The number of rotatable bonds is 4. The molecule has 0 bridgehead atoms. The van der Waals surface area contributed by atoms with E-state index in [4.69, 9.17) is 11.6 Å². The first kappa shape index (κ1) is 14.1. The molecule has 0 atom stereocenters. The van der Waals surface area contributed by atoms with E-state index in [2.05, 4.69) is 21.2 Å². The Hall–Kier alpha value is -1.32. The van der Waals surface area contributed by atoms with Crippen molar-refractivity contribution < 1.29 is 4.79 Å². The molecule has 0 heterocycles. The maximum absolute atomic E-state index is 11.8. The lowest BCUT2D eigenvalue weighted by atomic mass is 10.1. The molecule has 98 valence electrons. The highest BCUT2D eigenvalue weighted by Crippen LogP contribution is 2.17. The first-order valence-corrected chi connectivity index (χ1v) is 7.11. The zero-order chi connectivity index (χ0) is 13.7. The van der Waals surface area contributed by atoms with Gasteiger partial charge in [-0.15, -0.1) is 0 Å². The number of hydrogen-bond donors (Lipinski definition) is 1. The van der Waals surface area contributed by atoms with Crippen LogP contribution in [-0.2, 0) is 11.2 Å². The van der Waals surface area contributed by atoms with Gasteiger partial charge < -0.3 is 5.32 Å². The summed E-state index contributed by atoms with van der Waals surface area (Å²) in [5, 5.41) is 3.56. The molecule has 2 aromatic rings. The average Bonchev–Trinajstić information content (AvgIpc) is 2.40. The lowest BCUT2D eigenvalue weighted by Crippen LogP contribution is -2.12. The van der Waals surface area contributed by atoms with E-state index in [0.29, 0.717) is 17.9 Å². The summed E-state index contributed by atoms with van der Waals surface area (Å²) >= 11 is 9.40. The van der Waals surface area contributed by atoms with Crippen LogP contribution in [0, 0.1) is 0 Å². The van der Waals surface area contributed by atoms with Gasteiger partial charge in [0.2, 0.25) is 5.91 Å². The Bertz CT molecular complexity index is 569. The molecule has 2 aromatic carbocycles. The third-order valence-corrected chi connectivity index (χ3v) is 3.60. The summed E-state index contributed by atoms with van der Waals surface area (Å²) in [7, 11) is 0. The third-order valence-electron chi connectivity index (χ3n) is 2.71. The van der Waals surface area contributed by atoms with Crippen LogP contribution in [0.25, 0.3) is 0 Å². The molecule has 0 radical (unpaired) electrons. The average molecular weight is 339 g/mol. The van der Waals surface area contributed by atoms with Crippen molar-refractivity contribution in [2.75, 3.05) is 5.32 Å². The lowest BCUT2D eigenvalue weighted by Gasteiger charge is -2.06. The molecule has 0 aliphatic heterocycles. The molecule has 0 saturated heterocycles. The van der Waals surface area contributed by atoms with Gasteiger partial charge >= 0.3 is 0 Å². The second-order valence-corrected chi connectivity index (χ2v) is 5.47. The van der Waals surface area contributed by atoms with Crippen molar-refractivity contribution in [2.45, 2.75) is 12.8 Å². The van der Waals surface area contributed by atoms with Gasteiger partial charge in [0, 0.05) is 21.6 Å². The second kappa shape index (κ2) is 6.73. The van der Waals surface area contributed by atoms with E-state index in [9.17, 15) is 4.79 Å². The van der Waals surface area contributed by atoms with E-state index in [1.54, 1.807) is 0 Å². The predicted octanol–water partition coefficient (Wildman–Crippen LogP) is 4.67. The Labute approximate surface area is 125 Å². The molecule has 0 fully saturated rings. The standard InChI is InChI=1S/C15H13BrClNO/c16-12-6-8-13(9-7-12)18-15(19)10-5-11-3-1-2-4-14(11)17/h1-4,6-9H,5,10H2,(H,18,19). The number of benzene rings is 2. The SMILES string of the molecule is O=C(CCc1ccccc1Cl)Nc1ccc(Br)cc1. The highest BCUT2D eigenvalue weighted by molar-refractivity contribution is 9.10. The van der Waals surface area contributed by atoms with Gasteiger partial charge in [-0.1, -0.05) is 45.7 Å². The Morgan fingerprint density at radius 2 is 1.79 bits per heavy atom. The van der Waals surface area contributed by atoms with Crippen LogP contribution in [0.3, 0.4) is 0 Å². The summed E-state index contributed by atoms with van der Waals surface area (Å²) in [6.07, 6.45) is 1.06. The first-order valence-electron chi connectivity index (χ1n) is 5.94. The minimum absolute atomic E-state index is 0.0118. The van der Waals surface area contributed by atoms with E-state index >= 15 is 0 Å². The normalized spacial score (nSPS) is 10.2. The molecule has 2 rings (SSSR count). The summed E-state index contributed by atoms with van der Waals surface area (Å²) in [5.41, 5.74) is 1.79. The van der Waals surface area contributed by atoms with Crippen molar-refractivity contribution >= 4 is 39.1 Å². The van der Waals surface area contributed by atoms with Crippen molar-refractivity contribution in [3.63, 3.8) is 0 Å². The molecule has 0 aromatic heterocycles. The minimum atomic E-state index is -0.0118. The number of amides is 1. The highest BCUT2D eigenvalue weighted by atomic mass is 79.9. The Balaban J connectivity index is 1.88. The second-order valence-electron chi connectivity index (χ2n) is 4.15. The van der Waals surface area contributed by atoms with E-state index in [-0.39, 0.29) is 5.91 Å². The van der Waals surface area contributed by atoms with Gasteiger partial charge in [-0.2, -0.15) is 0 Å². The molecule has 1 N–H and O–H groups in total. The fraction of sp³-hybridized carbons (Fsp3) is 0.133. The number of halogens is 2. The zero-order valence-corrected chi connectivity index (χ0v) is 12.5. The van der Waals surface area contributed by atoms with E-state index in [0.717, 1.165) is 15.7 Å². The smallest absolute Gasteiger partial charge is 0.224 e. The van der Waals surface area contributed by atoms with Crippen molar-refractivity contribution in [2.24, 2.45) is 0 Å². The van der Waals surface area contributed by atoms with Gasteiger partial charge in [-0.25, -0.2) is 0 Å². The van der Waals surface area contributed by atoms with Gasteiger partial charge in [0.05, 0.1) is 0 Å². The summed E-state index contributed by atoms with van der Waals surface area (Å²) in [6, 6.07) is 15.1. The van der Waals surface area contributed by atoms with Crippen LogP contribution in [0.15, 0.2) is 53.0 Å². The molecule has 0 unspecified atom stereocenters. The van der Waals surface area contributed by atoms with E-state index in [1.165, 1.54) is 0 Å². The summed E-state index contributed by atoms with van der Waals surface area (Å²) in [5.74, 6) is -0.0118. The van der Waals surface area contributed by atoms with Gasteiger partial charge in [0.25, 0.3) is 0 Å². The molecule has 4 heteroatoms. The van der Waals surface area contributed by atoms with Crippen molar-refractivity contribution in [1.29, 1.82) is 0 Å². The van der Waals surface area contributed by atoms with Crippen molar-refractivity contribution in [3.05, 3.63) is 63.6 Å². The maximum atomic E-state index is 11.8. The van der Waals surface area contributed by atoms with Crippen LogP contribution in [0.5, 0.6) is 0 Å². The van der Waals surface area contributed by atoms with Crippen molar-refractivity contribution in [3.8, 4) is 0 Å². The molecular weight excluding hydrogens is 326 g/mol. The first-order chi connectivity index (χ1) is 9.15. The fourth-order valence-electron chi connectivity index (χ4n) is 1.71. The number of carbonyl (C=O) groups is 1. The van der Waals surface area contributed by atoms with Gasteiger partial charge in [-0.05, 0) is 42.3 Å². The summed E-state index contributed by atoms with van der Waals surface area (Å²) in [6.45, 7) is 0. The predicted molar refractivity (Wildman–Crippen MR) is 82.5 cm³/mol. The molecule has 1 amide bonds. The van der Waals surface area contributed by atoms with Crippen LogP contribution in [0.2, 0.25) is 5.02 Å². The summed E-state index contributed by atoms with van der Waals surface area (Å²) in [4.78, 5) is 11.8. The van der Waals surface area contributed by atoms with Crippen LogP contribution < -0.4 is 5.32 Å². The van der Waals surface area contributed by atoms with Crippen molar-refractivity contribution in [1.82, 2.24) is 0 Å². The van der Waals surface area contributed by atoms with Gasteiger partial charge in [0.1, 0.15) is 0 Å². The van der Waals surface area contributed by atoms with Crippen LogP contribution >= 0.6 is 27.5 Å².